The van der Waals surface area contributed by atoms with E-state index in [2.05, 4.69) is 10.3 Å². The van der Waals surface area contributed by atoms with E-state index in [0.29, 0.717) is 36.9 Å². The van der Waals surface area contributed by atoms with Crippen LogP contribution < -0.4 is 5.32 Å². The van der Waals surface area contributed by atoms with Crippen LogP contribution in [0.5, 0.6) is 0 Å². The second-order valence-electron chi connectivity index (χ2n) is 7.16. The van der Waals surface area contributed by atoms with Crippen LogP contribution in [-0.4, -0.2) is 66.5 Å². The SMILES string of the molecule is COCCN(CCC(=O)N1CCCC1)C(=O)c1csc(Nc2cccc(C)c2)n1. The number of anilines is 2. The van der Waals surface area contributed by atoms with E-state index in [9.17, 15) is 9.59 Å². The lowest BCUT2D eigenvalue weighted by molar-refractivity contribution is -0.130. The Kier molecular flexibility index (Phi) is 7.60. The lowest BCUT2D eigenvalue weighted by Gasteiger charge is -2.23. The first-order valence-electron chi connectivity index (χ1n) is 9.92. The molecule has 0 atom stereocenters. The Labute approximate surface area is 175 Å². The van der Waals surface area contributed by atoms with Crippen LogP contribution >= 0.6 is 11.3 Å². The number of nitrogens with one attached hydrogen (secondary N) is 1. The zero-order chi connectivity index (χ0) is 20.6. The van der Waals surface area contributed by atoms with Crippen LogP contribution in [0.25, 0.3) is 0 Å². The number of hydrogen-bond donors (Lipinski definition) is 1. The molecule has 0 unspecified atom stereocenters. The smallest absolute Gasteiger partial charge is 0.273 e. The van der Waals surface area contributed by atoms with Gasteiger partial charge < -0.3 is 19.9 Å². The van der Waals surface area contributed by atoms with Crippen LogP contribution in [0.15, 0.2) is 29.6 Å². The number of benzene rings is 1. The van der Waals surface area contributed by atoms with E-state index in [0.717, 1.165) is 37.2 Å². The number of likely N-dealkylation sites (tertiary alicyclic amines) is 1. The third kappa shape index (κ3) is 6.01. The molecule has 0 bridgehead atoms. The quantitative estimate of drug-likeness (QED) is 0.679. The Hall–Kier alpha value is -2.45. The molecule has 1 saturated heterocycles. The van der Waals surface area contributed by atoms with Gasteiger partial charge in [0.2, 0.25) is 5.91 Å². The predicted octanol–water partition coefficient (Wildman–Crippen LogP) is 3.30. The van der Waals surface area contributed by atoms with E-state index >= 15 is 0 Å². The number of rotatable bonds is 9. The maximum Gasteiger partial charge on any atom is 0.273 e. The first-order chi connectivity index (χ1) is 14.1. The standard InChI is InChI=1S/C21H28N4O3S/c1-16-6-5-7-17(14-16)22-21-23-18(15-29-21)20(27)25(12-13-28-2)11-8-19(26)24-9-3-4-10-24/h5-7,14-15H,3-4,8-13H2,1-2H3,(H,22,23). The molecule has 156 valence electrons. The molecule has 1 aliphatic rings. The minimum Gasteiger partial charge on any atom is -0.383 e. The monoisotopic (exact) mass is 416 g/mol. The summed E-state index contributed by atoms with van der Waals surface area (Å²) in [6.07, 6.45) is 2.45. The second kappa shape index (κ2) is 10.4. The Bertz CT molecular complexity index is 833. The summed E-state index contributed by atoms with van der Waals surface area (Å²) in [5.74, 6) is -0.0670. The van der Waals surface area contributed by atoms with Gasteiger partial charge in [-0.25, -0.2) is 4.98 Å². The maximum absolute atomic E-state index is 13.0. The van der Waals surface area contributed by atoms with Crippen molar-refractivity contribution in [3.63, 3.8) is 0 Å². The molecule has 0 aliphatic carbocycles. The van der Waals surface area contributed by atoms with Crippen molar-refractivity contribution in [2.45, 2.75) is 26.2 Å². The zero-order valence-corrected chi connectivity index (χ0v) is 17.8. The third-order valence-corrected chi connectivity index (χ3v) is 5.66. The molecule has 1 aliphatic heterocycles. The molecule has 1 aromatic heterocycles. The number of methoxy groups -OCH3 is 1. The van der Waals surface area contributed by atoms with E-state index in [4.69, 9.17) is 4.74 Å². The molecule has 29 heavy (non-hydrogen) atoms. The number of nitrogens with zero attached hydrogens (tertiary/aromatic N) is 3. The molecule has 7 nitrogen and oxygen atoms in total. The van der Waals surface area contributed by atoms with Gasteiger partial charge in [0.25, 0.3) is 5.91 Å². The molecule has 1 N–H and O–H groups in total. The van der Waals surface area contributed by atoms with Gasteiger partial charge in [0.15, 0.2) is 5.13 Å². The average molecular weight is 417 g/mol. The van der Waals surface area contributed by atoms with Crippen LogP contribution in [0.3, 0.4) is 0 Å². The number of ether oxygens (including phenoxy) is 1. The first kappa shape index (κ1) is 21.3. The largest absolute Gasteiger partial charge is 0.383 e. The molecule has 1 aromatic carbocycles. The van der Waals surface area contributed by atoms with Gasteiger partial charge in [0, 0.05) is 50.8 Å². The molecule has 3 rings (SSSR count). The maximum atomic E-state index is 13.0. The van der Waals surface area contributed by atoms with Gasteiger partial charge in [0.05, 0.1) is 6.61 Å². The highest BCUT2D eigenvalue weighted by Gasteiger charge is 2.22. The summed E-state index contributed by atoms with van der Waals surface area (Å²) in [4.78, 5) is 33.3. The van der Waals surface area contributed by atoms with E-state index in [1.807, 2.05) is 36.1 Å². The van der Waals surface area contributed by atoms with E-state index < -0.39 is 0 Å². The fourth-order valence-corrected chi connectivity index (χ4v) is 4.01. The summed E-state index contributed by atoms with van der Waals surface area (Å²) >= 11 is 1.39. The number of aryl methyl sites for hydroxylation is 1. The molecular weight excluding hydrogens is 388 g/mol. The van der Waals surface area contributed by atoms with Crippen molar-refractivity contribution < 1.29 is 14.3 Å². The number of hydrogen-bond acceptors (Lipinski definition) is 6. The van der Waals surface area contributed by atoms with Gasteiger partial charge in [-0.1, -0.05) is 12.1 Å². The van der Waals surface area contributed by atoms with Crippen LogP contribution in [0.1, 0.15) is 35.3 Å². The molecule has 2 aromatic rings. The van der Waals surface area contributed by atoms with Crippen LogP contribution in [0.2, 0.25) is 0 Å². The van der Waals surface area contributed by atoms with Crippen molar-refractivity contribution in [2.24, 2.45) is 0 Å². The van der Waals surface area contributed by atoms with Gasteiger partial charge in [-0.05, 0) is 37.5 Å². The highest BCUT2D eigenvalue weighted by Crippen LogP contribution is 2.22. The van der Waals surface area contributed by atoms with Crippen molar-refractivity contribution in [1.29, 1.82) is 0 Å². The normalized spacial score (nSPS) is 13.5. The summed E-state index contributed by atoms with van der Waals surface area (Å²) < 4.78 is 5.14. The number of aromatic nitrogens is 1. The molecule has 2 amide bonds. The van der Waals surface area contributed by atoms with E-state index in [1.54, 1.807) is 17.4 Å². The Morgan fingerprint density at radius 2 is 2.07 bits per heavy atom. The molecule has 0 radical (unpaired) electrons. The third-order valence-electron chi connectivity index (χ3n) is 4.90. The van der Waals surface area contributed by atoms with Crippen molar-refractivity contribution >= 4 is 34.0 Å². The lowest BCUT2D eigenvalue weighted by Crippen LogP contribution is -2.38. The fourth-order valence-electron chi connectivity index (χ4n) is 3.31. The number of amides is 2. The topological polar surface area (TPSA) is 74.8 Å². The summed E-state index contributed by atoms with van der Waals surface area (Å²) in [7, 11) is 1.60. The van der Waals surface area contributed by atoms with Crippen LogP contribution in [-0.2, 0) is 9.53 Å². The Morgan fingerprint density at radius 3 is 2.79 bits per heavy atom. The van der Waals surface area contributed by atoms with Crippen molar-refractivity contribution in [3.8, 4) is 0 Å². The van der Waals surface area contributed by atoms with Gasteiger partial charge >= 0.3 is 0 Å². The van der Waals surface area contributed by atoms with Crippen LogP contribution in [0.4, 0.5) is 10.8 Å². The van der Waals surface area contributed by atoms with E-state index in [-0.39, 0.29) is 11.8 Å². The number of carbonyl (C=O) groups is 2. The summed E-state index contributed by atoms with van der Waals surface area (Å²) in [6, 6.07) is 7.99. The van der Waals surface area contributed by atoms with Gasteiger partial charge in [-0.3, -0.25) is 9.59 Å². The van der Waals surface area contributed by atoms with Crippen LogP contribution in [0, 0.1) is 6.92 Å². The Morgan fingerprint density at radius 1 is 1.28 bits per heavy atom. The Balaban J connectivity index is 1.62. The van der Waals surface area contributed by atoms with Gasteiger partial charge in [-0.15, -0.1) is 11.3 Å². The average Bonchev–Trinajstić information content (AvgIpc) is 3.40. The molecule has 0 saturated carbocycles. The number of carbonyl (C=O) groups excluding carboxylic acids is 2. The van der Waals surface area contributed by atoms with Crippen molar-refractivity contribution in [1.82, 2.24) is 14.8 Å². The predicted molar refractivity (Wildman–Crippen MR) is 115 cm³/mol. The van der Waals surface area contributed by atoms with Gasteiger partial charge in [-0.2, -0.15) is 0 Å². The fraction of sp³-hybridized carbons (Fsp3) is 0.476. The highest BCUT2D eigenvalue weighted by molar-refractivity contribution is 7.14. The van der Waals surface area contributed by atoms with E-state index in [1.165, 1.54) is 11.3 Å². The molecule has 0 spiro atoms. The highest BCUT2D eigenvalue weighted by atomic mass is 32.1. The number of thiazole rings is 1. The lowest BCUT2D eigenvalue weighted by atomic mass is 10.2. The van der Waals surface area contributed by atoms with Gasteiger partial charge in [0.1, 0.15) is 5.69 Å². The summed E-state index contributed by atoms with van der Waals surface area (Å²) in [5.41, 5.74) is 2.47. The zero-order valence-electron chi connectivity index (χ0n) is 17.0. The minimum absolute atomic E-state index is 0.109. The molecule has 2 heterocycles. The van der Waals surface area contributed by atoms with Crippen molar-refractivity contribution in [3.05, 3.63) is 40.9 Å². The second-order valence-corrected chi connectivity index (χ2v) is 8.01. The molecular formula is C21H28N4O3S. The summed E-state index contributed by atoms with van der Waals surface area (Å²) in [5, 5.41) is 5.66. The summed E-state index contributed by atoms with van der Waals surface area (Å²) in [6.45, 7) is 4.90. The molecule has 1 fully saturated rings. The first-order valence-corrected chi connectivity index (χ1v) is 10.8. The minimum atomic E-state index is -0.176. The van der Waals surface area contributed by atoms with Crippen molar-refractivity contribution in [2.75, 3.05) is 45.2 Å². The molecule has 8 heteroatoms.